The lowest BCUT2D eigenvalue weighted by molar-refractivity contribution is -0.138. The molecule has 4 N–H and O–H groups in total. The fraction of sp³-hybridized carbons (Fsp3) is 0.531. The number of hydrogen-bond acceptors (Lipinski definition) is 9. The number of hydrogen-bond donors (Lipinski definition) is 4. The van der Waals surface area contributed by atoms with Gasteiger partial charge in [-0.25, -0.2) is 14.8 Å². The van der Waals surface area contributed by atoms with Crippen molar-refractivity contribution in [2.75, 3.05) is 53.7 Å². The molecule has 14 nitrogen and oxygen atoms in total. The molecule has 4 aromatic rings. The largest absolute Gasteiger partial charge is 0.453 e. The Morgan fingerprint density at radius 3 is 1.52 bits per heavy atom. The molecule has 4 fully saturated rings. The number of methoxy groups -OCH3 is 1. The molecule has 2 saturated carbocycles. The molecule has 0 bridgehead atoms. The van der Waals surface area contributed by atoms with Gasteiger partial charge in [0.15, 0.2) is 0 Å². The zero-order valence-electron chi connectivity index (χ0n) is 37.1. The van der Waals surface area contributed by atoms with Crippen molar-refractivity contribution in [3.05, 3.63) is 83.7 Å². The fourth-order valence-corrected chi connectivity index (χ4v) is 8.86. The van der Waals surface area contributed by atoms with Crippen molar-refractivity contribution < 1.29 is 28.6 Å². The van der Waals surface area contributed by atoms with E-state index in [4.69, 9.17) is 19.2 Å². The molecule has 8 rings (SSSR count). The molecule has 3 amide bonds. The van der Waals surface area contributed by atoms with Crippen molar-refractivity contribution in [1.29, 1.82) is 0 Å². The van der Waals surface area contributed by atoms with Crippen LogP contribution in [0.25, 0.3) is 22.5 Å². The van der Waals surface area contributed by atoms with Crippen LogP contribution in [0.15, 0.2) is 60.9 Å². The third-order valence-electron chi connectivity index (χ3n) is 13.4. The van der Waals surface area contributed by atoms with E-state index in [0.717, 1.165) is 84.5 Å². The number of carbonyl (C=O) groups excluding carboxylic acids is 3. The summed E-state index contributed by atoms with van der Waals surface area (Å²) < 4.78 is 16.0. The molecule has 0 radical (unpaired) electrons. The van der Waals surface area contributed by atoms with Gasteiger partial charge < -0.3 is 44.6 Å². The molecule has 63 heavy (non-hydrogen) atoms. The van der Waals surface area contributed by atoms with Gasteiger partial charge in [-0.15, -0.1) is 0 Å². The summed E-state index contributed by atoms with van der Waals surface area (Å²) in [5, 5.41) is 6.16. The first-order valence-electron chi connectivity index (χ1n) is 22.6. The van der Waals surface area contributed by atoms with Crippen molar-refractivity contribution in [1.82, 2.24) is 40.4 Å². The van der Waals surface area contributed by atoms with Crippen LogP contribution in [0.2, 0.25) is 0 Å². The zero-order valence-corrected chi connectivity index (χ0v) is 37.1. The second-order valence-corrected chi connectivity index (χ2v) is 18.7. The van der Waals surface area contributed by atoms with Crippen LogP contribution < -0.4 is 10.6 Å². The summed E-state index contributed by atoms with van der Waals surface area (Å²) in [6.45, 7) is 9.02. The average Bonchev–Trinajstić information content (AvgIpc) is 4.08. The average molecular weight is 859 g/mol. The summed E-state index contributed by atoms with van der Waals surface area (Å²) in [5.41, 5.74) is 5.69. The van der Waals surface area contributed by atoms with E-state index in [1.54, 1.807) is 6.20 Å². The highest BCUT2D eigenvalue weighted by molar-refractivity contribution is 5.86. The van der Waals surface area contributed by atoms with Crippen molar-refractivity contribution in [3.8, 4) is 34.4 Å². The van der Waals surface area contributed by atoms with Crippen molar-refractivity contribution in [3.63, 3.8) is 0 Å². The second kappa shape index (κ2) is 19.5. The van der Waals surface area contributed by atoms with Gasteiger partial charge in [0.05, 0.1) is 50.0 Å². The highest BCUT2D eigenvalue weighted by Gasteiger charge is 2.44. The van der Waals surface area contributed by atoms with Crippen LogP contribution >= 0.6 is 0 Å². The Balaban J connectivity index is 0.887. The number of likely N-dealkylation sites (N-methyl/N-ethyl adjacent to an activating group) is 1. The number of benzene rings is 2. The Labute approximate surface area is 370 Å². The van der Waals surface area contributed by atoms with Crippen molar-refractivity contribution >= 4 is 17.9 Å². The number of ether oxygens (including phenoxy) is 3. The van der Waals surface area contributed by atoms with Gasteiger partial charge in [0.2, 0.25) is 11.8 Å². The molecule has 2 unspecified atom stereocenters. The summed E-state index contributed by atoms with van der Waals surface area (Å²) in [5.74, 6) is 8.26. The molecule has 2 atom stereocenters. The van der Waals surface area contributed by atoms with Gasteiger partial charge in [0.25, 0.3) is 0 Å². The number of H-pyrrole nitrogens is 2. The first-order chi connectivity index (χ1) is 30.5. The summed E-state index contributed by atoms with van der Waals surface area (Å²) in [6, 6.07) is 15.2. The minimum Gasteiger partial charge on any atom is -0.453 e. The Morgan fingerprint density at radius 1 is 0.714 bits per heavy atom. The van der Waals surface area contributed by atoms with Crippen LogP contribution in [-0.4, -0.2) is 113 Å². The van der Waals surface area contributed by atoms with Gasteiger partial charge in [-0.1, -0.05) is 50.0 Å². The highest BCUT2D eigenvalue weighted by atomic mass is 16.5. The number of rotatable bonds is 16. The van der Waals surface area contributed by atoms with Crippen LogP contribution in [0.4, 0.5) is 4.79 Å². The van der Waals surface area contributed by atoms with E-state index in [0.29, 0.717) is 64.7 Å². The number of aromatic amines is 2. The number of alkyl carbamates (subject to hydrolysis) is 1. The normalized spacial score (nSPS) is 18.9. The third-order valence-corrected chi connectivity index (χ3v) is 13.4. The summed E-state index contributed by atoms with van der Waals surface area (Å²) in [4.78, 5) is 60.6. The smallest absolute Gasteiger partial charge is 0.407 e. The van der Waals surface area contributed by atoms with Crippen LogP contribution in [0.1, 0.15) is 88.0 Å². The minimum atomic E-state index is -0.699. The molecule has 4 aliphatic rings. The fourth-order valence-electron chi connectivity index (χ4n) is 8.86. The number of carbonyl (C=O) groups is 3. The van der Waals surface area contributed by atoms with E-state index in [1.807, 2.05) is 71.6 Å². The number of aromatic nitrogens is 4. The molecule has 2 aromatic heterocycles. The first-order valence-corrected chi connectivity index (χ1v) is 22.6. The van der Waals surface area contributed by atoms with E-state index in [-0.39, 0.29) is 40.5 Å². The lowest BCUT2D eigenvalue weighted by atomic mass is 9.90. The summed E-state index contributed by atoms with van der Waals surface area (Å²) in [7, 11) is 3.20. The molecule has 2 aromatic carbocycles. The van der Waals surface area contributed by atoms with E-state index in [9.17, 15) is 14.4 Å². The molecule has 334 valence electrons. The topological polar surface area (TPSA) is 167 Å². The summed E-state index contributed by atoms with van der Waals surface area (Å²) in [6.07, 6.45) is 10.6. The Bertz CT molecular complexity index is 2260. The van der Waals surface area contributed by atoms with E-state index < -0.39 is 12.1 Å². The Hall–Kier alpha value is -5.49. The maximum absolute atomic E-state index is 14.2. The predicted molar refractivity (Wildman–Crippen MR) is 239 cm³/mol. The molecule has 2 aliphatic carbocycles. The standard InChI is InChI=1S/C49H62N8O6/c1-48(19-20-48)31-56(45(58)43(50-3)37-15-23-62-24-16-37)29-41-51-27-39(53-41)35-11-7-33(8-12-35)5-6-34-9-13-36(14-10-34)40-28-52-42(54-40)30-57(32-49(2)21-22-49)46(59)44(55-47(60)61-4)38-17-25-63-26-18-38/h7-14,27-28,37-38,43-44,50H,15-26,29-32H2,1-4H3,(H,51,53)(H,52,54)(H,55,60). The van der Waals surface area contributed by atoms with Gasteiger partial charge in [0.1, 0.15) is 17.7 Å². The second-order valence-electron chi connectivity index (χ2n) is 18.7. The third kappa shape index (κ3) is 11.4. The van der Waals surface area contributed by atoms with E-state index in [1.165, 1.54) is 7.11 Å². The number of nitrogens with zero attached hydrogens (tertiary/aromatic N) is 4. The van der Waals surface area contributed by atoms with Gasteiger partial charge in [0, 0.05) is 50.6 Å². The van der Waals surface area contributed by atoms with Crippen molar-refractivity contribution in [2.24, 2.45) is 22.7 Å². The minimum absolute atomic E-state index is 0.0368. The van der Waals surface area contributed by atoms with Gasteiger partial charge in [-0.05, 0) is 116 Å². The highest BCUT2D eigenvalue weighted by Crippen LogP contribution is 2.46. The molecule has 0 spiro atoms. The van der Waals surface area contributed by atoms with Crippen molar-refractivity contribution in [2.45, 2.75) is 90.4 Å². The van der Waals surface area contributed by atoms with Crippen LogP contribution in [0.3, 0.4) is 0 Å². The Kier molecular flexibility index (Phi) is 13.7. The maximum atomic E-state index is 14.2. The van der Waals surface area contributed by atoms with E-state index in [2.05, 4.69) is 51.3 Å². The van der Waals surface area contributed by atoms with Crippen LogP contribution in [0.5, 0.6) is 0 Å². The molecule has 2 aliphatic heterocycles. The lowest BCUT2D eigenvalue weighted by Gasteiger charge is -2.34. The van der Waals surface area contributed by atoms with Gasteiger partial charge in [-0.3, -0.25) is 9.59 Å². The van der Waals surface area contributed by atoms with Crippen LogP contribution in [-0.2, 0) is 36.9 Å². The SMILES string of the molecule is CNC(C(=O)N(Cc1ncc(-c2ccc(C#Cc3ccc(-c4cnc(CN(CC5(C)CC5)C(=O)C(NC(=O)OC)C5CCOCC5)[nH]4)cc3)cc2)[nH]1)CC1(C)CC1)C1CCOCC1. The number of amides is 3. The first kappa shape index (κ1) is 44.1. The zero-order chi connectivity index (χ0) is 44.0. The molecule has 2 saturated heterocycles. The molecular formula is C49H62N8O6. The summed E-state index contributed by atoms with van der Waals surface area (Å²) >= 11 is 0. The van der Waals surface area contributed by atoms with Crippen LogP contribution in [0, 0.1) is 34.5 Å². The predicted octanol–water partition coefficient (Wildman–Crippen LogP) is 6.29. The maximum Gasteiger partial charge on any atom is 0.407 e. The van der Waals surface area contributed by atoms with E-state index >= 15 is 0 Å². The lowest BCUT2D eigenvalue weighted by Crippen LogP contribution is -2.54. The monoisotopic (exact) mass is 858 g/mol. The number of imidazole rings is 2. The molecule has 4 heterocycles. The molecule has 14 heteroatoms. The Morgan fingerprint density at radius 2 is 1.13 bits per heavy atom. The number of nitrogens with one attached hydrogen (secondary N) is 4. The quantitative estimate of drug-likeness (QED) is 0.0948. The van der Waals surface area contributed by atoms with Gasteiger partial charge in [-0.2, -0.15) is 0 Å². The molecular weight excluding hydrogens is 797 g/mol. The van der Waals surface area contributed by atoms with Gasteiger partial charge >= 0.3 is 6.09 Å².